The molecule has 25 heavy (non-hydrogen) atoms. The van der Waals surface area contributed by atoms with Gasteiger partial charge < -0.3 is 5.32 Å². The number of amides is 1. The molecule has 3 aromatic rings. The number of hydrogen-bond acceptors (Lipinski definition) is 2. The molecule has 128 valence electrons. The van der Waals surface area contributed by atoms with Gasteiger partial charge in [0.1, 0.15) is 5.82 Å². The number of rotatable bonds is 5. The summed E-state index contributed by atoms with van der Waals surface area (Å²) in [6.45, 7) is 4.26. The predicted molar refractivity (Wildman–Crippen MR) is 96.2 cm³/mol. The normalized spacial score (nSPS) is 10.7. The fourth-order valence-corrected chi connectivity index (χ4v) is 2.60. The summed E-state index contributed by atoms with van der Waals surface area (Å²) in [7, 11) is 0. The molecule has 0 aliphatic carbocycles. The van der Waals surface area contributed by atoms with Crippen molar-refractivity contribution in [2.24, 2.45) is 0 Å². The Bertz CT molecular complexity index is 884. The van der Waals surface area contributed by atoms with Gasteiger partial charge in [0, 0.05) is 22.9 Å². The number of nitrogens with one attached hydrogen (secondary N) is 1. The summed E-state index contributed by atoms with van der Waals surface area (Å²) in [5, 5.41) is 7.16. The standard InChI is InChI=1S/C20H20FN3O/c1-3-15-8-10-16(11-9-15)20(25)22-19-12-14(2)24(23-19)13-17-6-4-5-7-18(17)21/h4-12H,3,13H2,1-2H3,(H,22,23,25). The molecule has 0 aliphatic heterocycles. The molecular formula is C20H20FN3O. The highest BCUT2D eigenvalue weighted by molar-refractivity contribution is 6.03. The molecule has 0 saturated heterocycles. The molecule has 0 radical (unpaired) electrons. The third-order valence-corrected chi connectivity index (χ3v) is 4.13. The van der Waals surface area contributed by atoms with Crippen LogP contribution in [0.5, 0.6) is 0 Å². The minimum atomic E-state index is -0.265. The van der Waals surface area contributed by atoms with Crippen molar-refractivity contribution in [3.63, 3.8) is 0 Å². The highest BCUT2D eigenvalue weighted by atomic mass is 19.1. The first-order valence-electron chi connectivity index (χ1n) is 8.25. The lowest BCUT2D eigenvalue weighted by Gasteiger charge is -2.06. The van der Waals surface area contributed by atoms with Crippen molar-refractivity contribution in [2.45, 2.75) is 26.8 Å². The van der Waals surface area contributed by atoms with Crippen LogP contribution >= 0.6 is 0 Å². The van der Waals surface area contributed by atoms with Gasteiger partial charge in [-0.05, 0) is 37.1 Å². The molecule has 0 aliphatic rings. The second-order valence-electron chi connectivity index (χ2n) is 5.92. The van der Waals surface area contributed by atoms with Gasteiger partial charge in [0.15, 0.2) is 5.82 Å². The zero-order chi connectivity index (χ0) is 17.8. The first-order chi connectivity index (χ1) is 12.1. The van der Waals surface area contributed by atoms with Crippen molar-refractivity contribution < 1.29 is 9.18 Å². The van der Waals surface area contributed by atoms with Crippen molar-refractivity contribution in [3.05, 3.63) is 82.8 Å². The van der Waals surface area contributed by atoms with E-state index in [2.05, 4.69) is 17.3 Å². The summed E-state index contributed by atoms with van der Waals surface area (Å²) in [6, 6.07) is 15.9. The Hall–Kier alpha value is -2.95. The van der Waals surface area contributed by atoms with Gasteiger partial charge in [-0.25, -0.2) is 4.39 Å². The van der Waals surface area contributed by atoms with Gasteiger partial charge in [-0.1, -0.05) is 37.3 Å². The zero-order valence-electron chi connectivity index (χ0n) is 14.3. The molecule has 3 rings (SSSR count). The van der Waals surface area contributed by atoms with E-state index in [9.17, 15) is 9.18 Å². The van der Waals surface area contributed by atoms with Crippen molar-refractivity contribution in [1.29, 1.82) is 0 Å². The number of nitrogens with zero attached hydrogens (tertiary/aromatic N) is 2. The Kier molecular flexibility index (Phi) is 4.93. The second-order valence-corrected chi connectivity index (χ2v) is 5.92. The maximum Gasteiger partial charge on any atom is 0.256 e. The van der Waals surface area contributed by atoms with Gasteiger partial charge in [0.2, 0.25) is 0 Å². The van der Waals surface area contributed by atoms with Crippen molar-refractivity contribution in [2.75, 3.05) is 5.32 Å². The lowest BCUT2D eigenvalue weighted by Crippen LogP contribution is -2.13. The van der Waals surface area contributed by atoms with E-state index in [0.29, 0.717) is 23.5 Å². The quantitative estimate of drug-likeness (QED) is 0.759. The van der Waals surface area contributed by atoms with E-state index in [4.69, 9.17) is 0 Å². The van der Waals surface area contributed by atoms with E-state index in [1.54, 1.807) is 41.1 Å². The fourth-order valence-electron chi connectivity index (χ4n) is 2.60. The molecule has 1 N–H and O–H groups in total. The van der Waals surface area contributed by atoms with Crippen LogP contribution < -0.4 is 5.32 Å². The van der Waals surface area contributed by atoms with Crippen LogP contribution in [0.25, 0.3) is 0 Å². The number of anilines is 1. The van der Waals surface area contributed by atoms with Gasteiger partial charge in [-0.15, -0.1) is 0 Å². The number of aryl methyl sites for hydroxylation is 2. The summed E-state index contributed by atoms with van der Waals surface area (Å²) in [4.78, 5) is 12.3. The molecule has 5 heteroatoms. The molecule has 1 amide bonds. The Balaban J connectivity index is 1.73. The first kappa shape index (κ1) is 16.9. The van der Waals surface area contributed by atoms with Crippen LogP contribution in [-0.4, -0.2) is 15.7 Å². The van der Waals surface area contributed by atoms with E-state index >= 15 is 0 Å². The number of carbonyl (C=O) groups excluding carboxylic acids is 1. The van der Waals surface area contributed by atoms with Gasteiger partial charge >= 0.3 is 0 Å². The number of carbonyl (C=O) groups is 1. The number of hydrogen-bond donors (Lipinski definition) is 1. The zero-order valence-corrected chi connectivity index (χ0v) is 14.3. The molecule has 0 fully saturated rings. The van der Waals surface area contributed by atoms with Crippen LogP contribution in [0, 0.1) is 12.7 Å². The molecule has 0 spiro atoms. The van der Waals surface area contributed by atoms with E-state index in [1.165, 1.54) is 11.6 Å². The molecule has 1 aromatic heterocycles. The highest BCUT2D eigenvalue weighted by Gasteiger charge is 2.11. The second kappa shape index (κ2) is 7.30. The highest BCUT2D eigenvalue weighted by Crippen LogP contribution is 2.15. The van der Waals surface area contributed by atoms with E-state index in [-0.39, 0.29) is 11.7 Å². The monoisotopic (exact) mass is 337 g/mol. The summed E-state index contributed by atoms with van der Waals surface area (Å²) >= 11 is 0. The Morgan fingerprint density at radius 3 is 2.56 bits per heavy atom. The molecule has 4 nitrogen and oxygen atoms in total. The summed E-state index contributed by atoms with van der Waals surface area (Å²) in [6.07, 6.45) is 0.932. The Labute approximate surface area is 146 Å². The van der Waals surface area contributed by atoms with Gasteiger partial charge in [-0.2, -0.15) is 5.10 Å². The van der Waals surface area contributed by atoms with Crippen LogP contribution in [0.3, 0.4) is 0 Å². The summed E-state index contributed by atoms with van der Waals surface area (Å²) in [5.41, 5.74) is 3.17. The maximum absolute atomic E-state index is 13.8. The molecule has 0 atom stereocenters. The average Bonchev–Trinajstić information content (AvgIpc) is 2.96. The maximum atomic E-state index is 13.8. The van der Waals surface area contributed by atoms with Crippen LogP contribution in [0.2, 0.25) is 0 Å². The molecule has 2 aromatic carbocycles. The van der Waals surface area contributed by atoms with Gasteiger partial charge in [-0.3, -0.25) is 9.48 Å². The molecule has 0 unspecified atom stereocenters. The third-order valence-electron chi connectivity index (χ3n) is 4.13. The minimum absolute atomic E-state index is 0.210. The Morgan fingerprint density at radius 1 is 1.16 bits per heavy atom. The van der Waals surface area contributed by atoms with Crippen molar-refractivity contribution in [1.82, 2.24) is 9.78 Å². The lowest BCUT2D eigenvalue weighted by atomic mass is 10.1. The smallest absolute Gasteiger partial charge is 0.256 e. The summed E-state index contributed by atoms with van der Waals surface area (Å²) < 4.78 is 15.5. The number of halogens is 1. The lowest BCUT2D eigenvalue weighted by molar-refractivity contribution is 0.102. The van der Waals surface area contributed by atoms with Gasteiger partial charge in [0.25, 0.3) is 5.91 Å². The molecule has 1 heterocycles. The number of aromatic nitrogens is 2. The van der Waals surface area contributed by atoms with Crippen LogP contribution in [0.4, 0.5) is 10.2 Å². The van der Waals surface area contributed by atoms with Crippen LogP contribution in [-0.2, 0) is 13.0 Å². The topological polar surface area (TPSA) is 46.9 Å². The van der Waals surface area contributed by atoms with Gasteiger partial charge in [0.05, 0.1) is 6.54 Å². The third kappa shape index (κ3) is 3.94. The van der Waals surface area contributed by atoms with Crippen LogP contribution in [0.15, 0.2) is 54.6 Å². The van der Waals surface area contributed by atoms with Crippen molar-refractivity contribution >= 4 is 11.7 Å². The predicted octanol–water partition coefficient (Wildman–Crippen LogP) is 4.19. The Morgan fingerprint density at radius 2 is 1.88 bits per heavy atom. The molecule has 0 saturated carbocycles. The average molecular weight is 337 g/mol. The van der Waals surface area contributed by atoms with Crippen LogP contribution in [0.1, 0.15) is 34.1 Å². The minimum Gasteiger partial charge on any atom is -0.305 e. The fraction of sp³-hybridized carbons (Fsp3) is 0.200. The van der Waals surface area contributed by atoms with E-state index in [1.807, 2.05) is 19.1 Å². The first-order valence-corrected chi connectivity index (χ1v) is 8.25. The SMILES string of the molecule is CCc1ccc(C(=O)Nc2cc(C)n(Cc3ccccc3F)n2)cc1. The largest absolute Gasteiger partial charge is 0.305 e. The van der Waals surface area contributed by atoms with E-state index < -0.39 is 0 Å². The summed E-state index contributed by atoms with van der Waals surface area (Å²) in [5.74, 6) is -0.0180. The van der Waals surface area contributed by atoms with E-state index in [0.717, 1.165) is 12.1 Å². The van der Waals surface area contributed by atoms with Crippen molar-refractivity contribution in [3.8, 4) is 0 Å². The number of benzene rings is 2. The molecule has 0 bridgehead atoms. The molecular weight excluding hydrogens is 317 g/mol.